The summed E-state index contributed by atoms with van der Waals surface area (Å²) in [5, 5.41) is 9.72. The number of carboxylic acids is 1. The first-order valence-electron chi connectivity index (χ1n) is 5.50. The van der Waals surface area contributed by atoms with Gasteiger partial charge in [0.05, 0.1) is 17.5 Å². The highest BCUT2D eigenvalue weighted by Gasteiger charge is 2.16. The van der Waals surface area contributed by atoms with Crippen molar-refractivity contribution in [2.75, 3.05) is 0 Å². The highest BCUT2D eigenvalue weighted by Crippen LogP contribution is 2.33. The molecule has 0 unspecified atom stereocenters. The van der Waals surface area contributed by atoms with Crippen LogP contribution in [0.2, 0.25) is 10.0 Å². The van der Waals surface area contributed by atoms with Crippen LogP contribution >= 0.6 is 23.2 Å². The minimum Gasteiger partial charge on any atom is -0.481 e. The average molecular weight is 300 g/mol. The number of rotatable bonds is 4. The molecule has 0 aliphatic rings. The first-order valence-corrected chi connectivity index (χ1v) is 6.25. The van der Waals surface area contributed by atoms with Crippen LogP contribution in [0.25, 0.3) is 11.3 Å². The zero-order chi connectivity index (χ0) is 14.0. The van der Waals surface area contributed by atoms with Crippen molar-refractivity contribution in [3.05, 3.63) is 46.1 Å². The van der Waals surface area contributed by atoms with Gasteiger partial charge in [0.1, 0.15) is 11.5 Å². The number of furan rings is 1. The first-order chi connectivity index (χ1) is 8.97. The van der Waals surface area contributed by atoms with Crippen LogP contribution in [0.3, 0.4) is 0 Å². The van der Waals surface area contributed by atoms with E-state index in [1.54, 1.807) is 30.3 Å². The topological polar surface area (TPSA) is 76.5 Å². The molecule has 100 valence electrons. The van der Waals surface area contributed by atoms with Crippen molar-refractivity contribution in [1.82, 2.24) is 0 Å². The normalized spacial score (nSPS) is 12.4. The molecule has 0 saturated heterocycles. The number of hydrogen-bond acceptors (Lipinski definition) is 3. The van der Waals surface area contributed by atoms with Crippen LogP contribution in [0.4, 0.5) is 0 Å². The van der Waals surface area contributed by atoms with Gasteiger partial charge in [0.2, 0.25) is 0 Å². The van der Waals surface area contributed by atoms with Gasteiger partial charge in [-0.2, -0.15) is 0 Å². The minimum atomic E-state index is -0.980. The maximum absolute atomic E-state index is 10.6. The van der Waals surface area contributed by atoms with Gasteiger partial charge in [0, 0.05) is 10.6 Å². The van der Waals surface area contributed by atoms with E-state index in [0.717, 1.165) is 0 Å². The molecule has 0 radical (unpaired) electrons. The Balaban J connectivity index is 2.30. The predicted molar refractivity (Wildman–Crippen MR) is 73.3 cm³/mol. The molecule has 1 atom stereocenters. The molecule has 0 amide bonds. The molecule has 0 spiro atoms. The van der Waals surface area contributed by atoms with Crippen molar-refractivity contribution in [3.8, 4) is 11.3 Å². The van der Waals surface area contributed by atoms with Gasteiger partial charge in [0.15, 0.2) is 0 Å². The summed E-state index contributed by atoms with van der Waals surface area (Å²) in [5.41, 5.74) is 6.36. The lowest BCUT2D eigenvalue weighted by atomic mass is 10.1. The van der Waals surface area contributed by atoms with Crippen molar-refractivity contribution in [1.29, 1.82) is 0 Å². The fraction of sp³-hybridized carbons (Fsp3) is 0.154. The summed E-state index contributed by atoms with van der Waals surface area (Å²) in [6.45, 7) is 0. The molecule has 0 fully saturated rings. The Labute approximate surface area is 119 Å². The van der Waals surface area contributed by atoms with Crippen molar-refractivity contribution in [3.63, 3.8) is 0 Å². The highest BCUT2D eigenvalue weighted by atomic mass is 35.5. The van der Waals surface area contributed by atoms with Crippen molar-refractivity contribution in [2.24, 2.45) is 5.73 Å². The summed E-state index contributed by atoms with van der Waals surface area (Å²) in [6.07, 6.45) is -0.198. The van der Waals surface area contributed by atoms with E-state index >= 15 is 0 Å². The van der Waals surface area contributed by atoms with Gasteiger partial charge in [-0.05, 0) is 30.3 Å². The smallest absolute Gasteiger partial charge is 0.305 e. The Hall–Kier alpha value is -1.49. The largest absolute Gasteiger partial charge is 0.481 e. The molecule has 0 aliphatic carbocycles. The lowest BCUT2D eigenvalue weighted by Crippen LogP contribution is -2.14. The predicted octanol–water partition coefficient (Wildman–Crippen LogP) is 3.73. The van der Waals surface area contributed by atoms with E-state index in [2.05, 4.69) is 0 Å². The van der Waals surface area contributed by atoms with Crippen LogP contribution in [-0.4, -0.2) is 11.1 Å². The number of carbonyl (C=O) groups is 1. The Morgan fingerprint density at radius 2 is 2.05 bits per heavy atom. The first kappa shape index (κ1) is 13.9. The molecule has 0 aliphatic heterocycles. The summed E-state index contributed by atoms with van der Waals surface area (Å²) in [4.78, 5) is 10.6. The third-order valence-electron chi connectivity index (χ3n) is 2.58. The third-order valence-corrected chi connectivity index (χ3v) is 3.15. The molecule has 0 bridgehead atoms. The number of hydrogen-bond donors (Lipinski definition) is 2. The van der Waals surface area contributed by atoms with Crippen LogP contribution < -0.4 is 5.73 Å². The monoisotopic (exact) mass is 299 g/mol. The van der Waals surface area contributed by atoms with Gasteiger partial charge in [0.25, 0.3) is 0 Å². The lowest BCUT2D eigenvalue weighted by molar-refractivity contribution is -0.137. The number of halogens is 2. The molecule has 2 rings (SSSR count). The van der Waals surface area contributed by atoms with Crippen molar-refractivity contribution in [2.45, 2.75) is 12.5 Å². The second kappa shape index (κ2) is 5.65. The second-order valence-corrected chi connectivity index (χ2v) is 4.87. The molecule has 19 heavy (non-hydrogen) atoms. The van der Waals surface area contributed by atoms with E-state index in [4.69, 9.17) is 38.5 Å². The summed E-state index contributed by atoms with van der Waals surface area (Å²) in [7, 11) is 0. The summed E-state index contributed by atoms with van der Waals surface area (Å²) in [5.74, 6) is -0.0805. The number of benzene rings is 1. The molecular formula is C13H11Cl2NO3. The molecule has 4 nitrogen and oxygen atoms in total. The highest BCUT2D eigenvalue weighted by molar-refractivity contribution is 6.35. The van der Waals surface area contributed by atoms with Gasteiger partial charge >= 0.3 is 5.97 Å². The van der Waals surface area contributed by atoms with Crippen LogP contribution in [0.5, 0.6) is 0 Å². The van der Waals surface area contributed by atoms with E-state index < -0.39 is 12.0 Å². The fourth-order valence-electron chi connectivity index (χ4n) is 1.67. The van der Waals surface area contributed by atoms with Crippen molar-refractivity contribution >= 4 is 29.2 Å². The zero-order valence-electron chi connectivity index (χ0n) is 9.77. The zero-order valence-corrected chi connectivity index (χ0v) is 11.3. The van der Waals surface area contributed by atoms with E-state index in [1.807, 2.05) is 0 Å². The van der Waals surface area contributed by atoms with Crippen LogP contribution in [0.1, 0.15) is 18.2 Å². The lowest BCUT2D eigenvalue weighted by Gasteiger charge is -2.05. The standard InChI is InChI=1S/C13H11Cl2NO3/c14-7-1-2-9(15)8(5-7)11-3-4-12(19-11)10(16)6-13(17)18/h1-5,10H,6,16H2,(H,17,18)/t10-/m0/s1. The van der Waals surface area contributed by atoms with Crippen molar-refractivity contribution < 1.29 is 14.3 Å². The molecular weight excluding hydrogens is 289 g/mol. The van der Waals surface area contributed by atoms with Crippen LogP contribution in [0, 0.1) is 0 Å². The van der Waals surface area contributed by atoms with Gasteiger partial charge in [-0.15, -0.1) is 0 Å². The Morgan fingerprint density at radius 3 is 2.74 bits per heavy atom. The van der Waals surface area contributed by atoms with E-state index in [1.165, 1.54) is 0 Å². The number of aliphatic carboxylic acids is 1. The number of nitrogens with two attached hydrogens (primary N) is 1. The summed E-state index contributed by atoms with van der Waals surface area (Å²) < 4.78 is 5.54. The molecule has 0 saturated carbocycles. The Bertz CT molecular complexity index is 610. The average Bonchev–Trinajstić information content (AvgIpc) is 2.80. The maximum atomic E-state index is 10.6. The van der Waals surface area contributed by atoms with Gasteiger partial charge in [-0.25, -0.2) is 0 Å². The molecule has 1 aromatic heterocycles. The number of carboxylic acid groups (broad SMARTS) is 1. The summed E-state index contributed by atoms with van der Waals surface area (Å²) in [6, 6.07) is 7.65. The Kier molecular flexibility index (Phi) is 4.14. The SMILES string of the molecule is N[C@@H](CC(=O)O)c1ccc(-c2cc(Cl)ccc2Cl)o1. The van der Waals surface area contributed by atoms with E-state index in [9.17, 15) is 4.79 Å². The second-order valence-electron chi connectivity index (χ2n) is 4.03. The van der Waals surface area contributed by atoms with Crippen LogP contribution in [0.15, 0.2) is 34.7 Å². The van der Waals surface area contributed by atoms with Crippen LogP contribution in [-0.2, 0) is 4.79 Å². The van der Waals surface area contributed by atoms with Gasteiger partial charge in [-0.3, -0.25) is 4.79 Å². The molecule has 1 heterocycles. The fourth-order valence-corrected chi connectivity index (χ4v) is 2.05. The Morgan fingerprint density at radius 1 is 1.32 bits per heavy atom. The molecule has 3 N–H and O–H groups in total. The molecule has 1 aromatic carbocycles. The van der Waals surface area contributed by atoms with Gasteiger partial charge in [-0.1, -0.05) is 23.2 Å². The maximum Gasteiger partial charge on any atom is 0.305 e. The minimum absolute atomic E-state index is 0.198. The van der Waals surface area contributed by atoms with E-state index in [0.29, 0.717) is 27.1 Å². The summed E-state index contributed by atoms with van der Waals surface area (Å²) >= 11 is 12.0. The van der Waals surface area contributed by atoms with E-state index in [-0.39, 0.29) is 6.42 Å². The van der Waals surface area contributed by atoms with Gasteiger partial charge < -0.3 is 15.3 Å². The quantitative estimate of drug-likeness (QED) is 0.902. The molecule has 6 heteroatoms. The third kappa shape index (κ3) is 3.29. The molecule has 2 aromatic rings.